The van der Waals surface area contributed by atoms with Crippen LogP contribution in [-0.4, -0.2) is 31.0 Å². The standard InChI is InChI=1S/C22H26N4O3/c1-21(2,3)26-16-12-22(4,5)11-10-15(16)17(24-26)19-23-18(25-29-19)13-6-8-14(9-7-13)20(27)28/h6-9H,10-12H2,1-5H3,(H,27,28). The van der Waals surface area contributed by atoms with Crippen LogP contribution in [0.25, 0.3) is 23.0 Å². The molecule has 152 valence electrons. The first-order chi connectivity index (χ1) is 13.5. The van der Waals surface area contributed by atoms with Gasteiger partial charge in [0.25, 0.3) is 5.89 Å². The van der Waals surface area contributed by atoms with Crippen molar-refractivity contribution in [3.63, 3.8) is 0 Å². The normalized spacial score (nSPS) is 15.9. The van der Waals surface area contributed by atoms with E-state index in [-0.39, 0.29) is 16.5 Å². The van der Waals surface area contributed by atoms with Gasteiger partial charge in [0.05, 0.1) is 11.1 Å². The zero-order valence-corrected chi connectivity index (χ0v) is 17.5. The molecule has 29 heavy (non-hydrogen) atoms. The minimum absolute atomic E-state index is 0.148. The maximum absolute atomic E-state index is 11.0. The van der Waals surface area contributed by atoms with Gasteiger partial charge in [-0.15, -0.1) is 0 Å². The van der Waals surface area contributed by atoms with Gasteiger partial charge in [0.1, 0.15) is 0 Å². The van der Waals surface area contributed by atoms with Crippen molar-refractivity contribution in [2.75, 3.05) is 0 Å². The molecule has 7 heteroatoms. The third kappa shape index (κ3) is 3.57. The van der Waals surface area contributed by atoms with Crippen LogP contribution >= 0.6 is 0 Å². The van der Waals surface area contributed by atoms with Crippen LogP contribution in [0.4, 0.5) is 0 Å². The summed E-state index contributed by atoms with van der Waals surface area (Å²) in [6, 6.07) is 6.44. The van der Waals surface area contributed by atoms with E-state index in [4.69, 9.17) is 14.7 Å². The number of hydrogen-bond acceptors (Lipinski definition) is 5. The van der Waals surface area contributed by atoms with Crippen LogP contribution in [-0.2, 0) is 18.4 Å². The quantitative estimate of drug-likeness (QED) is 0.699. The van der Waals surface area contributed by atoms with E-state index in [1.807, 2.05) is 0 Å². The molecule has 0 unspecified atom stereocenters. The lowest BCUT2D eigenvalue weighted by atomic mass is 9.76. The summed E-state index contributed by atoms with van der Waals surface area (Å²) < 4.78 is 7.67. The number of carbonyl (C=O) groups is 1. The molecule has 0 saturated carbocycles. The topological polar surface area (TPSA) is 94.0 Å². The highest BCUT2D eigenvalue weighted by molar-refractivity contribution is 5.88. The van der Waals surface area contributed by atoms with Gasteiger partial charge in [0.15, 0.2) is 5.69 Å². The van der Waals surface area contributed by atoms with Gasteiger partial charge in [-0.25, -0.2) is 4.79 Å². The summed E-state index contributed by atoms with van der Waals surface area (Å²) >= 11 is 0. The Bertz CT molecular complexity index is 1070. The highest BCUT2D eigenvalue weighted by Crippen LogP contribution is 2.40. The molecule has 0 saturated heterocycles. The molecule has 1 aromatic carbocycles. The van der Waals surface area contributed by atoms with Gasteiger partial charge in [0, 0.05) is 16.8 Å². The molecule has 0 radical (unpaired) electrons. The maximum Gasteiger partial charge on any atom is 0.335 e. The molecule has 0 atom stereocenters. The van der Waals surface area contributed by atoms with Crippen molar-refractivity contribution in [3.05, 3.63) is 41.1 Å². The summed E-state index contributed by atoms with van der Waals surface area (Å²) in [5.41, 5.74) is 4.20. The highest BCUT2D eigenvalue weighted by atomic mass is 16.5. The summed E-state index contributed by atoms with van der Waals surface area (Å²) in [4.78, 5) is 15.6. The lowest BCUT2D eigenvalue weighted by Crippen LogP contribution is -2.30. The Hall–Kier alpha value is -2.96. The Kier molecular flexibility index (Phi) is 4.37. The fourth-order valence-corrected chi connectivity index (χ4v) is 3.86. The van der Waals surface area contributed by atoms with Crippen molar-refractivity contribution in [1.82, 2.24) is 19.9 Å². The van der Waals surface area contributed by atoms with Crippen LogP contribution in [0.3, 0.4) is 0 Å². The number of fused-ring (bicyclic) bond motifs is 1. The van der Waals surface area contributed by atoms with E-state index in [1.165, 1.54) is 23.4 Å². The average Bonchev–Trinajstić information content (AvgIpc) is 3.24. The smallest absolute Gasteiger partial charge is 0.335 e. The highest BCUT2D eigenvalue weighted by Gasteiger charge is 2.35. The van der Waals surface area contributed by atoms with E-state index in [1.54, 1.807) is 12.1 Å². The summed E-state index contributed by atoms with van der Waals surface area (Å²) in [6.07, 6.45) is 2.98. The van der Waals surface area contributed by atoms with E-state index >= 15 is 0 Å². The van der Waals surface area contributed by atoms with Gasteiger partial charge < -0.3 is 9.63 Å². The first-order valence-electron chi connectivity index (χ1n) is 9.84. The van der Waals surface area contributed by atoms with Gasteiger partial charge in [0.2, 0.25) is 5.82 Å². The molecule has 1 N–H and O–H groups in total. The number of rotatable bonds is 3. The van der Waals surface area contributed by atoms with Crippen LogP contribution in [0, 0.1) is 5.41 Å². The second-order valence-electron chi connectivity index (χ2n) is 9.50. The number of hydrogen-bond donors (Lipinski definition) is 1. The molecular formula is C22H26N4O3. The van der Waals surface area contributed by atoms with Crippen molar-refractivity contribution >= 4 is 5.97 Å². The maximum atomic E-state index is 11.0. The van der Waals surface area contributed by atoms with Gasteiger partial charge in [-0.3, -0.25) is 4.68 Å². The molecule has 2 aromatic heterocycles. The fraction of sp³-hybridized carbons (Fsp3) is 0.455. The molecule has 0 fully saturated rings. The van der Waals surface area contributed by atoms with Gasteiger partial charge in [-0.05, 0) is 57.6 Å². The number of nitrogens with zero attached hydrogens (tertiary/aromatic N) is 4. The van der Waals surface area contributed by atoms with Crippen LogP contribution in [0.15, 0.2) is 28.8 Å². The first-order valence-corrected chi connectivity index (χ1v) is 9.84. The zero-order valence-electron chi connectivity index (χ0n) is 17.5. The van der Waals surface area contributed by atoms with E-state index in [0.717, 1.165) is 25.0 Å². The summed E-state index contributed by atoms with van der Waals surface area (Å²) in [6.45, 7) is 11.0. The Labute approximate surface area is 169 Å². The van der Waals surface area contributed by atoms with Crippen LogP contribution in [0.1, 0.15) is 62.7 Å². The van der Waals surface area contributed by atoms with Crippen molar-refractivity contribution in [2.24, 2.45) is 5.41 Å². The number of benzene rings is 1. The SMILES string of the molecule is CC1(C)CCc2c(-c3nc(-c4ccc(C(=O)O)cc4)no3)nn(C(C)(C)C)c2C1. The van der Waals surface area contributed by atoms with Crippen molar-refractivity contribution in [3.8, 4) is 23.0 Å². The Morgan fingerprint density at radius 2 is 1.90 bits per heavy atom. The number of carboxylic acids is 1. The zero-order chi connectivity index (χ0) is 21.0. The van der Waals surface area contributed by atoms with Gasteiger partial charge in [-0.1, -0.05) is 31.1 Å². The lowest BCUT2D eigenvalue weighted by molar-refractivity contribution is 0.0697. The Morgan fingerprint density at radius 3 is 2.52 bits per heavy atom. The number of aromatic nitrogens is 4. The predicted octanol–water partition coefficient (Wildman–Crippen LogP) is 4.57. The van der Waals surface area contributed by atoms with Crippen molar-refractivity contribution < 1.29 is 14.4 Å². The monoisotopic (exact) mass is 394 g/mol. The number of carboxylic acid groups (broad SMARTS) is 1. The van der Waals surface area contributed by atoms with Gasteiger partial charge in [-0.2, -0.15) is 10.1 Å². The number of aromatic carboxylic acids is 1. The molecule has 1 aliphatic carbocycles. The molecule has 3 aromatic rings. The molecule has 0 amide bonds. The molecule has 0 spiro atoms. The summed E-state index contributed by atoms with van der Waals surface area (Å²) in [5.74, 6) is -0.138. The van der Waals surface area contributed by atoms with Gasteiger partial charge >= 0.3 is 5.97 Å². The molecule has 1 aliphatic rings. The molecular weight excluding hydrogens is 368 g/mol. The van der Waals surface area contributed by atoms with Crippen molar-refractivity contribution in [2.45, 2.75) is 59.4 Å². The summed E-state index contributed by atoms with van der Waals surface area (Å²) in [5, 5.41) is 18.0. The Balaban J connectivity index is 1.75. The third-order valence-electron chi connectivity index (χ3n) is 5.44. The second-order valence-corrected chi connectivity index (χ2v) is 9.50. The molecule has 0 aliphatic heterocycles. The van der Waals surface area contributed by atoms with E-state index in [2.05, 4.69) is 49.4 Å². The minimum atomic E-state index is -0.965. The van der Waals surface area contributed by atoms with Crippen LogP contribution in [0.2, 0.25) is 0 Å². The summed E-state index contributed by atoms with van der Waals surface area (Å²) in [7, 11) is 0. The average molecular weight is 394 g/mol. The largest absolute Gasteiger partial charge is 0.478 e. The molecule has 4 rings (SSSR count). The third-order valence-corrected chi connectivity index (χ3v) is 5.44. The van der Waals surface area contributed by atoms with E-state index in [0.29, 0.717) is 17.3 Å². The van der Waals surface area contributed by atoms with Crippen molar-refractivity contribution in [1.29, 1.82) is 0 Å². The fourth-order valence-electron chi connectivity index (χ4n) is 3.86. The molecule has 2 heterocycles. The lowest BCUT2D eigenvalue weighted by Gasteiger charge is -2.32. The molecule has 0 bridgehead atoms. The Morgan fingerprint density at radius 1 is 1.21 bits per heavy atom. The predicted molar refractivity (Wildman–Crippen MR) is 109 cm³/mol. The first kappa shape index (κ1) is 19.4. The van der Waals surface area contributed by atoms with Crippen LogP contribution < -0.4 is 0 Å². The molecule has 7 nitrogen and oxygen atoms in total. The second kappa shape index (κ2) is 6.54. The minimum Gasteiger partial charge on any atom is -0.478 e. The van der Waals surface area contributed by atoms with E-state index in [9.17, 15) is 4.79 Å². The van der Waals surface area contributed by atoms with Crippen LogP contribution in [0.5, 0.6) is 0 Å². The van der Waals surface area contributed by atoms with E-state index < -0.39 is 5.97 Å².